The van der Waals surface area contributed by atoms with Gasteiger partial charge in [-0.25, -0.2) is 18.4 Å². The average molecular weight is 556 g/mol. The van der Waals surface area contributed by atoms with Crippen LogP contribution in [0.4, 0.5) is 8.78 Å². The second-order valence-corrected chi connectivity index (χ2v) is 9.75. The SMILES string of the molecule is O=C(O)C(=O)O.O[C@H](CCN1CCC(CCOC(c2ccc(F)cc2)c2ccc(F)cc2)CC1)c1ccccc1. The third-order valence-electron chi connectivity index (χ3n) is 6.95. The molecule has 0 amide bonds. The lowest BCUT2D eigenvalue weighted by Crippen LogP contribution is -2.35. The van der Waals surface area contributed by atoms with Crippen molar-refractivity contribution >= 4 is 11.9 Å². The molecule has 1 aliphatic heterocycles. The van der Waals surface area contributed by atoms with Gasteiger partial charge in [-0.05, 0) is 85.6 Å². The highest BCUT2D eigenvalue weighted by Gasteiger charge is 2.21. The Hall–Kier alpha value is -3.66. The third-order valence-corrected chi connectivity index (χ3v) is 6.95. The minimum absolute atomic E-state index is 0.287. The molecule has 0 radical (unpaired) electrons. The summed E-state index contributed by atoms with van der Waals surface area (Å²) in [5.41, 5.74) is 2.70. The Morgan fingerprint density at radius 2 is 1.30 bits per heavy atom. The lowest BCUT2D eigenvalue weighted by molar-refractivity contribution is -0.159. The molecule has 1 heterocycles. The molecule has 1 saturated heterocycles. The molecular formula is C31H35F2NO6. The molecule has 3 aromatic carbocycles. The molecule has 3 aromatic rings. The van der Waals surface area contributed by atoms with Crippen molar-refractivity contribution in [1.29, 1.82) is 0 Å². The van der Waals surface area contributed by atoms with E-state index in [1.807, 2.05) is 30.3 Å². The van der Waals surface area contributed by atoms with Gasteiger partial charge in [-0.15, -0.1) is 0 Å². The number of carboxylic acid groups (broad SMARTS) is 2. The highest BCUT2D eigenvalue weighted by Crippen LogP contribution is 2.29. The van der Waals surface area contributed by atoms with Gasteiger partial charge < -0.3 is 25.0 Å². The Kier molecular flexibility index (Phi) is 12.2. The molecule has 7 nitrogen and oxygen atoms in total. The first-order chi connectivity index (χ1) is 19.2. The average Bonchev–Trinajstić information content (AvgIpc) is 2.97. The van der Waals surface area contributed by atoms with Crippen LogP contribution in [0.25, 0.3) is 0 Å². The number of hydrogen-bond acceptors (Lipinski definition) is 5. The van der Waals surface area contributed by atoms with Crippen LogP contribution in [-0.2, 0) is 14.3 Å². The van der Waals surface area contributed by atoms with Crippen molar-refractivity contribution in [3.05, 3.63) is 107 Å². The number of rotatable bonds is 10. The summed E-state index contributed by atoms with van der Waals surface area (Å²) < 4.78 is 33.1. The molecule has 1 atom stereocenters. The summed E-state index contributed by atoms with van der Waals surface area (Å²) in [6.07, 6.45) is 3.17. The first-order valence-corrected chi connectivity index (χ1v) is 13.3. The van der Waals surface area contributed by atoms with Crippen LogP contribution in [0.1, 0.15) is 54.6 Å². The van der Waals surface area contributed by atoms with E-state index in [0.717, 1.165) is 62.0 Å². The molecular weight excluding hydrogens is 520 g/mol. The van der Waals surface area contributed by atoms with Gasteiger partial charge in [-0.3, -0.25) is 0 Å². The van der Waals surface area contributed by atoms with Crippen LogP contribution in [0.2, 0.25) is 0 Å². The van der Waals surface area contributed by atoms with E-state index in [1.165, 1.54) is 24.3 Å². The zero-order chi connectivity index (χ0) is 28.9. The molecule has 1 fully saturated rings. The fraction of sp³-hybridized carbons (Fsp3) is 0.355. The second kappa shape index (κ2) is 15.8. The van der Waals surface area contributed by atoms with E-state index in [1.54, 1.807) is 24.3 Å². The molecule has 0 spiro atoms. The number of nitrogens with zero attached hydrogens (tertiary/aromatic N) is 1. The normalized spacial score (nSPS) is 14.8. The Balaban J connectivity index is 0.000000663. The number of ether oxygens (including phenoxy) is 1. The van der Waals surface area contributed by atoms with Crippen molar-refractivity contribution in [2.24, 2.45) is 5.92 Å². The zero-order valence-electron chi connectivity index (χ0n) is 22.2. The van der Waals surface area contributed by atoms with E-state index in [9.17, 15) is 13.9 Å². The summed E-state index contributed by atoms with van der Waals surface area (Å²) in [6.45, 7) is 3.56. The lowest BCUT2D eigenvalue weighted by atomic mass is 9.93. The van der Waals surface area contributed by atoms with Crippen molar-refractivity contribution in [3.63, 3.8) is 0 Å². The summed E-state index contributed by atoms with van der Waals surface area (Å²) in [5, 5.41) is 25.2. The van der Waals surface area contributed by atoms with E-state index >= 15 is 0 Å². The highest BCUT2D eigenvalue weighted by molar-refractivity contribution is 6.27. The van der Waals surface area contributed by atoms with Crippen molar-refractivity contribution in [1.82, 2.24) is 4.90 Å². The number of piperidine rings is 1. The molecule has 4 rings (SSSR count). The molecule has 0 bridgehead atoms. The quantitative estimate of drug-likeness (QED) is 0.286. The maximum Gasteiger partial charge on any atom is 0.414 e. The number of likely N-dealkylation sites (tertiary alicyclic amines) is 1. The van der Waals surface area contributed by atoms with Gasteiger partial charge in [0.05, 0.1) is 6.10 Å². The van der Waals surface area contributed by atoms with Crippen molar-refractivity contribution in [2.45, 2.75) is 37.9 Å². The van der Waals surface area contributed by atoms with E-state index in [4.69, 9.17) is 24.5 Å². The van der Waals surface area contributed by atoms with Crippen LogP contribution >= 0.6 is 0 Å². The number of aliphatic carboxylic acids is 2. The van der Waals surface area contributed by atoms with Crippen molar-refractivity contribution < 1.29 is 38.4 Å². The molecule has 0 saturated carbocycles. The van der Waals surface area contributed by atoms with E-state index in [2.05, 4.69) is 4.90 Å². The Morgan fingerprint density at radius 3 is 1.77 bits per heavy atom. The smallest absolute Gasteiger partial charge is 0.414 e. The van der Waals surface area contributed by atoms with Gasteiger partial charge >= 0.3 is 11.9 Å². The second-order valence-electron chi connectivity index (χ2n) is 9.75. The maximum atomic E-state index is 13.4. The number of hydrogen-bond donors (Lipinski definition) is 3. The van der Waals surface area contributed by atoms with Gasteiger partial charge in [-0.1, -0.05) is 54.6 Å². The summed E-state index contributed by atoms with van der Waals surface area (Å²) in [5.74, 6) is -3.63. The Labute approximate surface area is 232 Å². The Morgan fingerprint density at radius 1 is 0.800 bits per heavy atom. The fourth-order valence-electron chi connectivity index (χ4n) is 4.66. The van der Waals surface area contributed by atoms with E-state index in [0.29, 0.717) is 12.5 Å². The molecule has 3 N–H and O–H groups in total. The lowest BCUT2D eigenvalue weighted by Gasteiger charge is -2.32. The van der Waals surface area contributed by atoms with Gasteiger partial charge in [-0.2, -0.15) is 0 Å². The van der Waals surface area contributed by atoms with Crippen LogP contribution in [0, 0.1) is 17.6 Å². The van der Waals surface area contributed by atoms with Gasteiger partial charge in [0.1, 0.15) is 17.7 Å². The van der Waals surface area contributed by atoms with E-state index < -0.39 is 18.0 Å². The first kappa shape index (κ1) is 30.9. The van der Waals surface area contributed by atoms with Gasteiger partial charge in [0.2, 0.25) is 0 Å². The number of carboxylic acids is 2. The molecule has 214 valence electrons. The third kappa shape index (κ3) is 10.1. The van der Waals surface area contributed by atoms with Gasteiger partial charge in [0, 0.05) is 13.2 Å². The molecule has 40 heavy (non-hydrogen) atoms. The number of aliphatic hydroxyl groups excluding tert-OH is 1. The molecule has 0 aromatic heterocycles. The Bertz CT molecular complexity index is 1130. The predicted molar refractivity (Wildman–Crippen MR) is 146 cm³/mol. The maximum absolute atomic E-state index is 13.4. The van der Waals surface area contributed by atoms with Gasteiger partial charge in [0.15, 0.2) is 0 Å². The highest BCUT2D eigenvalue weighted by atomic mass is 19.1. The van der Waals surface area contributed by atoms with E-state index in [-0.39, 0.29) is 17.7 Å². The van der Waals surface area contributed by atoms with Crippen LogP contribution in [0.3, 0.4) is 0 Å². The van der Waals surface area contributed by atoms with Gasteiger partial charge in [0.25, 0.3) is 0 Å². The number of aliphatic hydroxyl groups is 1. The topological polar surface area (TPSA) is 107 Å². The fourth-order valence-corrected chi connectivity index (χ4v) is 4.66. The summed E-state index contributed by atoms with van der Waals surface area (Å²) in [7, 11) is 0. The predicted octanol–water partition coefficient (Wildman–Crippen LogP) is 5.45. The van der Waals surface area contributed by atoms with Crippen LogP contribution in [0.5, 0.6) is 0 Å². The summed E-state index contributed by atoms with van der Waals surface area (Å²) >= 11 is 0. The molecule has 1 aliphatic rings. The number of halogens is 2. The molecule has 0 aliphatic carbocycles. The summed E-state index contributed by atoms with van der Waals surface area (Å²) in [4.78, 5) is 20.6. The number of carbonyl (C=O) groups is 2. The molecule has 9 heteroatoms. The largest absolute Gasteiger partial charge is 0.473 e. The minimum atomic E-state index is -1.82. The van der Waals surface area contributed by atoms with Crippen molar-refractivity contribution in [2.75, 3.05) is 26.2 Å². The molecule has 0 unspecified atom stereocenters. The standard InChI is InChI=1S/C29H33F2NO2.C2H2O4/c30-26-10-6-24(7-11-26)29(25-8-12-27(31)13-9-25)34-21-17-22-14-18-32(19-15-22)20-16-28(33)23-4-2-1-3-5-23;3-1(4)2(5)6/h1-13,22,28-29,33H,14-21H2;(H,3,4)(H,5,6)/t28-;/m1./s1. The first-order valence-electron chi connectivity index (χ1n) is 13.3. The van der Waals surface area contributed by atoms with Crippen LogP contribution in [0.15, 0.2) is 78.9 Å². The number of benzene rings is 3. The zero-order valence-corrected chi connectivity index (χ0v) is 22.2. The monoisotopic (exact) mass is 555 g/mol. The van der Waals surface area contributed by atoms with Crippen LogP contribution < -0.4 is 0 Å². The van der Waals surface area contributed by atoms with Crippen molar-refractivity contribution in [3.8, 4) is 0 Å². The minimum Gasteiger partial charge on any atom is -0.473 e. The summed E-state index contributed by atoms with van der Waals surface area (Å²) in [6, 6.07) is 22.5. The van der Waals surface area contributed by atoms with Crippen LogP contribution in [-0.4, -0.2) is 58.4 Å².